The first-order valence-corrected chi connectivity index (χ1v) is 9.25. The molecule has 1 N–H and O–H groups in total. The van der Waals surface area contributed by atoms with Crippen molar-refractivity contribution in [1.29, 1.82) is 0 Å². The van der Waals surface area contributed by atoms with Gasteiger partial charge in [-0.2, -0.15) is 5.10 Å². The van der Waals surface area contributed by atoms with Crippen LogP contribution in [0.15, 0.2) is 54.7 Å². The average Bonchev–Trinajstić information content (AvgIpc) is 3.15. The normalized spacial score (nSPS) is 11.6. The third-order valence-corrected chi connectivity index (χ3v) is 4.75. The molecule has 0 saturated carbocycles. The van der Waals surface area contributed by atoms with Gasteiger partial charge in [-0.25, -0.2) is 9.07 Å². The quantitative estimate of drug-likeness (QED) is 0.603. The molecule has 3 aromatic rings. The maximum atomic E-state index is 13.2. The number of nitrogens with zero attached hydrogens (tertiary/aromatic N) is 2. The molecule has 0 spiro atoms. The molecule has 1 heterocycles. The van der Waals surface area contributed by atoms with E-state index < -0.39 is 12.0 Å². The molecule has 0 saturated heterocycles. The third-order valence-electron chi connectivity index (χ3n) is 4.75. The van der Waals surface area contributed by atoms with E-state index in [-0.39, 0.29) is 18.1 Å². The summed E-state index contributed by atoms with van der Waals surface area (Å²) < 4.78 is 24.7. The van der Waals surface area contributed by atoms with E-state index in [2.05, 4.69) is 10.4 Å². The predicted octanol–water partition coefficient (Wildman–Crippen LogP) is 3.36. The summed E-state index contributed by atoms with van der Waals surface area (Å²) in [5.74, 6) is -0.523. The zero-order chi connectivity index (χ0) is 21.7. The van der Waals surface area contributed by atoms with Crippen molar-refractivity contribution in [3.8, 4) is 11.4 Å². The van der Waals surface area contributed by atoms with Gasteiger partial charge in [0.2, 0.25) is 0 Å². The van der Waals surface area contributed by atoms with Crippen LogP contribution in [0.25, 0.3) is 5.69 Å². The molecule has 2 aromatic carbocycles. The third kappa shape index (κ3) is 4.65. The average molecular weight is 411 g/mol. The molecule has 1 atom stereocenters. The number of carbonyl (C=O) groups is 2. The van der Waals surface area contributed by atoms with Crippen molar-refractivity contribution in [3.05, 3.63) is 77.4 Å². The number of hydrogen-bond donors (Lipinski definition) is 1. The minimum atomic E-state index is -0.593. The summed E-state index contributed by atoms with van der Waals surface area (Å²) in [6.07, 6.45) is 1.41. The van der Waals surface area contributed by atoms with Crippen LogP contribution in [-0.2, 0) is 9.53 Å². The fourth-order valence-corrected chi connectivity index (χ4v) is 3.05. The standard InChI is InChI=1S/C22H22FN3O4/c1-14-19(13-24-26(14)17-8-6-16(23)7-9-17)22(28)25-20(12-21(27)30-3)15-4-10-18(29-2)11-5-15/h4-11,13,20H,12H2,1-3H3,(H,25,28). The first-order chi connectivity index (χ1) is 14.4. The lowest BCUT2D eigenvalue weighted by atomic mass is 10.0. The summed E-state index contributed by atoms with van der Waals surface area (Å²) in [7, 11) is 2.86. The number of hydrogen-bond acceptors (Lipinski definition) is 5. The van der Waals surface area contributed by atoms with Crippen molar-refractivity contribution >= 4 is 11.9 Å². The number of aromatic nitrogens is 2. The number of methoxy groups -OCH3 is 2. The SMILES string of the molecule is COC(=O)CC(NC(=O)c1cnn(-c2ccc(F)cc2)c1C)c1ccc(OC)cc1. The van der Waals surface area contributed by atoms with Gasteiger partial charge in [0.25, 0.3) is 5.91 Å². The van der Waals surface area contributed by atoms with Crippen molar-refractivity contribution in [2.24, 2.45) is 0 Å². The second-order valence-corrected chi connectivity index (χ2v) is 6.61. The van der Waals surface area contributed by atoms with Gasteiger partial charge in [-0.15, -0.1) is 0 Å². The van der Waals surface area contributed by atoms with Crippen molar-refractivity contribution in [2.45, 2.75) is 19.4 Å². The molecule has 0 aliphatic heterocycles. The minimum absolute atomic E-state index is 0.0281. The predicted molar refractivity (Wildman–Crippen MR) is 108 cm³/mol. The van der Waals surface area contributed by atoms with Gasteiger partial charge in [-0.05, 0) is 48.9 Å². The molecule has 0 fully saturated rings. The number of nitrogens with one attached hydrogen (secondary N) is 1. The molecule has 8 heteroatoms. The molecule has 0 bridgehead atoms. The Morgan fingerprint density at radius 2 is 1.77 bits per heavy atom. The van der Waals surface area contributed by atoms with E-state index in [0.29, 0.717) is 22.7 Å². The molecule has 30 heavy (non-hydrogen) atoms. The smallest absolute Gasteiger partial charge is 0.307 e. The first kappa shape index (κ1) is 21.0. The Bertz CT molecular complexity index is 1030. The Labute approximate surface area is 173 Å². The Kier molecular flexibility index (Phi) is 6.46. The van der Waals surface area contributed by atoms with E-state index >= 15 is 0 Å². The molecule has 1 unspecified atom stereocenters. The highest BCUT2D eigenvalue weighted by molar-refractivity contribution is 5.95. The summed E-state index contributed by atoms with van der Waals surface area (Å²) in [6.45, 7) is 1.74. The number of halogens is 1. The summed E-state index contributed by atoms with van der Waals surface area (Å²) in [5, 5.41) is 7.11. The van der Waals surface area contributed by atoms with Gasteiger partial charge in [-0.3, -0.25) is 9.59 Å². The largest absolute Gasteiger partial charge is 0.497 e. The Balaban J connectivity index is 1.84. The van der Waals surface area contributed by atoms with E-state index in [9.17, 15) is 14.0 Å². The van der Waals surface area contributed by atoms with Crippen LogP contribution in [0.2, 0.25) is 0 Å². The Morgan fingerprint density at radius 1 is 1.10 bits per heavy atom. The summed E-state index contributed by atoms with van der Waals surface area (Å²) in [6, 6.07) is 12.3. The lowest BCUT2D eigenvalue weighted by Gasteiger charge is -2.18. The molecule has 3 rings (SSSR count). The zero-order valence-electron chi connectivity index (χ0n) is 16.9. The minimum Gasteiger partial charge on any atom is -0.497 e. The van der Waals surface area contributed by atoms with E-state index in [1.165, 1.54) is 25.4 Å². The van der Waals surface area contributed by atoms with Crippen LogP contribution in [0.5, 0.6) is 5.75 Å². The lowest BCUT2D eigenvalue weighted by molar-refractivity contribution is -0.141. The maximum Gasteiger partial charge on any atom is 0.307 e. The van der Waals surface area contributed by atoms with Crippen LogP contribution in [0.3, 0.4) is 0 Å². The van der Waals surface area contributed by atoms with Gasteiger partial charge in [0.1, 0.15) is 11.6 Å². The number of ether oxygens (including phenoxy) is 2. The fraction of sp³-hybridized carbons (Fsp3) is 0.227. The summed E-state index contributed by atoms with van der Waals surface area (Å²) >= 11 is 0. The van der Waals surface area contributed by atoms with Crippen LogP contribution in [0, 0.1) is 12.7 Å². The van der Waals surface area contributed by atoms with Crippen LogP contribution in [0.4, 0.5) is 4.39 Å². The number of esters is 1. The molecule has 0 aliphatic carbocycles. The first-order valence-electron chi connectivity index (χ1n) is 9.25. The Morgan fingerprint density at radius 3 is 2.37 bits per heavy atom. The van der Waals surface area contributed by atoms with Crippen LogP contribution < -0.4 is 10.1 Å². The number of benzene rings is 2. The molecule has 156 valence electrons. The van der Waals surface area contributed by atoms with Gasteiger partial charge < -0.3 is 14.8 Å². The van der Waals surface area contributed by atoms with Crippen molar-refractivity contribution in [1.82, 2.24) is 15.1 Å². The monoisotopic (exact) mass is 411 g/mol. The second kappa shape index (κ2) is 9.21. The van der Waals surface area contributed by atoms with Crippen molar-refractivity contribution < 1.29 is 23.5 Å². The molecule has 7 nitrogen and oxygen atoms in total. The molecule has 0 radical (unpaired) electrons. The van der Waals surface area contributed by atoms with Crippen molar-refractivity contribution in [2.75, 3.05) is 14.2 Å². The highest BCUT2D eigenvalue weighted by Gasteiger charge is 2.22. The van der Waals surface area contributed by atoms with Crippen LogP contribution >= 0.6 is 0 Å². The van der Waals surface area contributed by atoms with E-state index in [1.807, 2.05) is 0 Å². The molecule has 1 aromatic heterocycles. The van der Waals surface area contributed by atoms with Crippen LogP contribution in [0.1, 0.15) is 34.1 Å². The van der Waals surface area contributed by atoms with Crippen LogP contribution in [-0.4, -0.2) is 35.9 Å². The molecule has 0 aliphatic rings. The zero-order valence-corrected chi connectivity index (χ0v) is 16.9. The lowest BCUT2D eigenvalue weighted by Crippen LogP contribution is -2.30. The number of rotatable bonds is 7. The highest BCUT2D eigenvalue weighted by Crippen LogP contribution is 2.22. The topological polar surface area (TPSA) is 82.5 Å². The highest BCUT2D eigenvalue weighted by atomic mass is 19.1. The Hall–Kier alpha value is -3.68. The van der Waals surface area contributed by atoms with Gasteiger partial charge in [0, 0.05) is 0 Å². The molecule has 1 amide bonds. The van der Waals surface area contributed by atoms with E-state index in [4.69, 9.17) is 9.47 Å². The fourth-order valence-electron chi connectivity index (χ4n) is 3.05. The van der Waals surface area contributed by atoms with Gasteiger partial charge in [0.05, 0.1) is 49.8 Å². The summed E-state index contributed by atoms with van der Waals surface area (Å²) in [4.78, 5) is 24.8. The molecular formula is C22H22FN3O4. The number of amides is 1. The van der Waals surface area contributed by atoms with Gasteiger partial charge in [0.15, 0.2) is 0 Å². The van der Waals surface area contributed by atoms with Gasteiger partial charge in [-0.1, -0.05) is 12.1 Å². The van der Waals surface area contributed by atoms with Crippen molar-refractivity contribution in [3.63, 3.8) is 0 Å². The summed E-state index contributed by atoms with van der Waals surface area (Å²) in [5.41, 5.74) is 2.31. The second-order valence-electron chi connectivity index (χ2n) is 6.61. The maximum absolute atomic E-state index is 13.2. The van der Waals surface area contributed by atoms with E-state index in [0.717, 1.165) is 5.56 Å². The number of carbonyl (C=O) groups excluding carboxylic acids is 2. The molecular weight excluding hydrogens is 389 g/mol. The van der Waals surface area contributed by atoms with E-state index in [1.54, 1.807) is 55.1 Å². The van der Waals surface area contributed by atoms with Gasteiger partial charge >= 0.3 is 5.97 Å².